The normalized spacial score (nSPS) is 21.7. The number of likely N-dealkylation sites (tertiary alicyclic amines) is 1. The van der Waals surface area contributed by atoms with E-state index < -0.39 is 12.1 Å². The van der Waals surface area contributed by atoms with Gasteiger partial charge in [0, 0.05) is 12.6 Å². The van der Waals surface area contributed by atoms with Gasteiger partial charge in [0.05, 0.1) is 5.92 Å². The van der Waals surface area contributed by atoms with Crippen LogP contribution in [0.5, 0.6) is 0 Å². The van der Waals surface area contributed by atoms with Crippen LogP contribution in [0.15, 0.2) is 0 Å². The highest BCUT2D eigenvalue weighted by molar-refractivity contribution is 4.80. The van der Waals surface area contributed by atoms with Gasteiger partial charge in [-0.1, -0.05) is 6.92 Å². The highest BCUT2D eigenvalue weighted by Gasteiger charge is 2.41. The molecule has 1 aliphatic rings. The monoisotopic (exact) mass is 252 g/mol. The molecule has 5 heteroatoms. The minimum absolute atomic E-state index is 0.252. The molecule has 0 saturated carbocycles. The van der Waals surface area contributed by atoms with Crippen LogP contribution in [0.2, 0.25) is 0 Å². The van der Waals surface area contributed by atoms with E-state index in [2.05, 4.69) is 24.1 Å². The van der Waals surface area contributed by atoms with Gasteiger partial charge in [-0.15, -0.1) is 0 Å². The minimum atomic E-state index is -4.00. The molecule has 1 saturated heterocycles. The first-order valence-corrected chi connectivity index (χ1v) is 6.46. The van der Waals surface area contributed by atoms with E-state index in [0.29, 0.717) is 19.1 Å². The van der Waals surface area contributed by atoms with Gasteiger partial charge in [0.2, 0.25) is 0 Å². The van der Waals surface area contributed by atoms with Crippen LogP contribution >= 0.6 is 0 Å². The van der Waals surface area contributed by atoms with E-state index in [4.69, 9.17) is 0 Å². The molecule has 1 rings (SSSR count). The Kier molecular flexibility index (Phi) is 5.73. The van der Waals surface area contributed by atoms with Gasteiger partial charge in [0.1, 0.15) is 0 Å². The summed E-state index contributed by atoms with van der Waals surface area (Å²) in [5.41, 5.74) is 0. The molecule has 0 aliphatic carbocycles. The van der Waals surface area contributed by atoms with E-state index in [0.717, 1.165) is 19.5 Å². The average molecular weight is 252 g/mol. The second kappa shape index (κ2) is 6.59. The molecule has 0 radical (unpaired) electrons. The van der Waals surface area contributed by atoms with Crippen molar-refractivity contribution in [3.05, 3.63) is 0 Å². The zero-order valence-electron chi connectivity index (χ0n) is 10.7. The fourth-order valence-corrected chi connectivity index (χ4v) is 2.28. The maximum atomic E-state index is 12.5. The van der Waals surface area contributed by atoms with Crippen molar-refractivity contribution in [3.63, 3.8) is 0 Å². The van der Waals surface area contributed by atoms with Crippen LogP contribution in [-0.2, 0) is 0 Å². The maximum Gasteiger partial charge on any atom is 0.391 e. The number of nitrogens with zero attached hydrogens (tertiary/aromatic N) is 1. The van der Waals surface area contributed by atoms with Crippen LogP contribution in [0.25, 0.3) is 0 Å². The van der Waals surface area contributed by atoms with Crippen molar-refractivity contribution < 1.29 is 13.2 Å². The molecule has 0 amide bonds. The van der Waals surface area contributed by atoms with Crippen LogP contribution in [0.4, 0.5) is 13.2 Å². The summed E-state index contributed by atoms with van der Waals surface area (Å²) in [5, 5.41) is 3.31. The molecule has 102 valence electrons. The Morgan fingerprint density at radius 1 is 1.29 bits per heavy atom. The number of piperidine rings is 1. The summed E-state index contributed by atoms with van der Waals surface area (Å²) in [6.07, 6.45) is -2.41. The molecule has 1 fully saturated rings. The van der Waals surface area contributed by atoms with Gasteiger partial charge >= 0.3 is 6.18 Å². The summed E-state index contributed by atoms with van der Waals surface area (Å²) in [5.74, 6) is -1.09. The predicted octanol–water partition coefficient (Wildman–Crippen LogP) is 2.65. The van der Waals surface area contributed by atoms with Crippen LogP contribution in [0.3, 0.4) is 0 Å². The third kappa shape index (κ3) is 4.84. The lowest BCUT2D eigenvalue weighted by Crippen LogP contribution is -2.46. The molecular formula is C12H23F3N2. The number of hydrogen-bond donors (Lipinski definition) is 1. The SMILES string of the molecule is CCCNCC(C)N1CCC(C(F)(F)F)CC1. The molecule has 2 nitrogen and oxygen atoms in total. The van der Waals surface area contributed by atoms with Gasteiger partial charge in [0.25, 0.3) is 0 Å². The van der Waals surface area contributed by atoms with Crippen molar-refractivity contribution in [1.29, 1.82) is 0 Å². The standard InChI is InChI=1S/C12H23F3N2/c1-3-6-16-9-10(2)17-7-4-11(5-8-17)12(13,14)15/h10-11,16H,3-9H2,1-2H3. The third-order valence-electron chi connectivity index (χ3n) is 3.48. The van der Waals surface area contributed by atoms with Crippen LogP contribution in [0, 0.1) is 5.92 Å². The predicted molar refractivity (Wildman–Crippen MR) is 63.0 cm³/mol. The molecular weight excluding hydrogens is 229 g/mol. The van der Waals surface area contributed by atoms with Crippen LogP contribution in [-0.4, -0.2) is 43.3 Å². The van der Waals surface area contributed by atoms with Crippen molar-refractivity contribution in [2.24, 2.45) is 5.92 Å². The zero-order valence-corrected chi connectivity index (χ0v) is 10.7. The second-order valence-electron chi connectivity index (χ2n) is 4.91. The topological polar surface area (TPSA) is 15.3 Å². The highest BCUT2D eigenvalue weighted by Crippen LogP contribution is 2.34. The third-order valence-corrected chi connectivity index (χ3v) is 3.48. The lowest BCUT2D eigenvalue weighted by Gasteiger charge is -2.36. The van der Waals surface area contributed by atoms with Crippen molar-refractivity contribution >= 4 is 0 Å². The summed E-state index contributed by atoms with van der Waals surface area (Å²) in [6.45, 7) is 7.16. The lowest BCUT2D eigenvalue weighted by atomic mass is 9.95. The Morgan fingerprint density at radius 3 is 2.35 bits per heavy atom. The smallest absolute Gasteiger partial charge is 0.315 e. The van der Waals surface area contributed by atoms with Gasteiger partial charge in [-0.2, -0.15) is 13.2 Å². The summed E-state index contributed by atoms with van der Waals surface area (Å²) >= 11 is 0. The Bertz CT molecular complexity index is 210. The van der Waals surface area contributed by atoms with Crippen LogP contribution in [0.1, 0.15) is 33.1 Å². The highest BCUT2D eigenvalue weighted by atomic mass is 19.4. The lowest BCUT2D eigenvalue weighted by molar-refractivity contribution is -0.185. The van der Waals surface area contributed by atoms with Crippen molar-refractivity contribution in [3.8, 4) is 0 Å². The Labute approximate surface area is 102 Å². The molecule has 0 aromatic carbocycles. The first-order valence-electron chi connectivity index (χ1n) is 6.46. The fourth-order valence-electron chi connectivity index (χ4n) is 2.28. The summed E-state index contributed by atoms with van der Waals surface area (Å²) in [4.78, 5) is 2.16. The largest absolute Gasteiger partial charge is 0.391 e. The molecule has 17 heavy (non-hydrogen) atoms. The number of nitrogens with one attached hydrogen (secondary N) is 1. The molecule has 1 N–H and O–H groups in total. The van der Waals surface area contributed by atoms with E-state index in [1.165, 1.54) is 0 Å². The summed E-state index contributed by atoms with van der Waals surface area (Å²) in [7, 11) is 0. The Morgan fingerprint density at radius 2 is 1.88 bits per heavy atom. The molecule has 1 unspecified atom stereocenters. The van der Waals surface area contributed by atoms with Gasteiger partial charge in [-0.05, 0) is 45.8 Å². The zero-order chi connectivity index (χ0) is 12.9. The molecule has 0 aromatic heterocycles. The van der Waals surface area contributed by atoms with Crippen molar-refractivity contribution in [2.75, 3.05) is 26.2 Å². The average Bonchev–Trinajstić information content (AvgIpc) is 2.28. The molecule has 0 aromatic rings. The molecule has 0 spiro atoms. The summed E-state index contributed by atoms with van der Waals surface area (Å²) in [6, 6.07) is 0.329. The number of hydrogen-bond acceptors (Lipinski definition) is 2. The number of halogens is 3. The van der Waals surface area contributed by atoms with Gasteiger partial charge in [-0.3, -0.25) is 4.90 Å². The van der Waals surface area contributed by atoms with Gasteiger partial charge < -0.3 is 5.32 Å². The number of alkyl halides is 3. The first kappa shape index (κ1) is 14.8. The molecule has 0 bridgehead atoms. The van der Waals surface area contributed by atoms with E-state index in [-0.39, 0.29) is 12.8 Å². The Balaban J connectivity index is 2.26. The van der Waals surface area contributed by atoms with E-state index >= 15 is 0 Å². The second-order valence-corrected chi connectivity index (χ2v) is 4.91. The maximum absolute atomic E-state index is 12.5. The van der Waals surface area contributed by atoms with Gasteiger partial charge in [0.15, 0.2) is 0 Å². The molecule has 1 aliphatic heterocycles. The van der Waals surface area contributed by atoms with Crippen LogP contribution < -0.4 is 5.32 Å². The van der Waals surface area contributed by atoms with E-state index in [1.54, 1.807) is 0 Å². The van der Waals surface area contributed by atoms with Gasteiger partial charge in [-0.25, -0.2) is 0 Å². The molecule has 1 heterocycles. The first-order chi connectivity index (χ1) is 7.95. The number of rotatable bonds is 5. The Hall–Kier alpha value is -0.290. The fraction of sp³-hybridized carbons (Fsp3) is 1.00. The quantitative estimate of drug-likeness (QED) is 0.757. The van der Waals surface area contributed by atoms with E-state index in [1.807, 2.05) is 0 Å². The van der Waals surface area contributed by atoms with Crippen molar-refractivity contribution in [1.82, 2.24) is 10.2 Å². The van der Waals surface area contributed by atoms with Crippen molar-refractivity contribution in [2.45, 2.75) is 45.3 Å². The minimum Gasteiger partial charge on any atom is -0.315 e. The van der Waals surface area contributed by atoms with E-state index in [9.17, 15) is 13.2 Å². The molecule has 1 atom stereocenters. The summed E-state index contributed by atoms with van der Waals surface area (Å²) < 4.78 is 37.5.